The second kappa shape index (κ2) is 7.74. The van der Waals surface area contributed by atoms with E-state index in [2.05, 4.69) is 22.1 Å². The van der Waals surface area contributed by atoms with E-state index in [1.165, 1.54) is 0 Å². The van der Waals surface area contributed by atoms with Gasteiger partial charge in [0.15, 0.2) is 0 Å². The highest BCUT2D eigenvalue weighted by atomic mass is 35.5. The van der Waals surface area contributed by atoms with Crippen LogP contribution < -0.4 is 5.32 Å². The van der Waals surface area contributed by atoms with Crippen LogP contribution in [0.1, 0.15) is 11.4 Å². The molecule has 0 radical (unpaired) electrons. The average molecular weight is 315 g/mol. The Morgan fingerprint density at radius 2 is 1.65 bits per heavy atom. The first-order chi connectivity index (χ1) is 8.83. The maximum atomic E-state index is 4.74. The minimum absolute atomic E-state index is 0. The largest absolute Gasteiger partial charge is 0.314 e. The number of halogens is 2. The number of rotatable bonds is 2. The van der Waals surface area contributed by atoms with Crippen molar-refractivity contribution in [3.05, 3.63) is 35.7 Å². The minimum Gasteiger partial charge on any atom is -0.314 e. The standard InChI is InChI=1S/C14H18N4.2ClH/c1-11-14(10-18-8-6-15-7-9-18)17-13-5-3-2-4-12(13)16-11;;/h2-5,15H,6-10H2,1H3;2*1H. The Bertz CT molecular complexity index is 556. The molecule has 0 amide bonds. The Kier molecular flexibility index (Phi) is 6.62. The van der Waals surface area contributed by atoms with Gasteiger partial charge < -0.3 is 5.32 Å². The molecule has 0 spiro atoms. The quantitative estimate of drug-likeness (QED) is 0.922. The summed E-state index contributed by atoms with van der Waals surface area (Å²) in [6.07, 6.45) is 0. The molecule has 0 bridgehead atoms. The molecule has 3 rings (SSSR count). The number of benzene rings is 1. The van der Waals surface area contributed by atoms with E-state index in [0.29, 0.717) is 0 Å². The topological polar surface area (TPSA) is 41.1 Å². The van der Waals surface area contributed by atoms with Crippen molar-refractivity contribution in [3.8, 4) is 0 Å². The van der Waals surface area contributed by atoms with E-state index in [-0.39, 0.29) is 24.8 Å². The van der Waals surface area contributed by atoms with Crippen molar-refractivity contribution in [3.63, 3.8) is 0 Å². The van der Waals surface area contributed by atoms with Gasteiger partial charge in [-0.2, -0.15) is 0 Å². The molecule has 1 fully saturated rings. The summed E-state index contributed by atoms with van der Waals surface area (Å²) in [5.41, 5.74) is 4.13. The Hall–Kier alpha value is -0.940. The zero-order valence-corrected chi connectivity index (χ0v) is 13.1. The fourth-order valence-corrected chi connectivity index (χ4v) is 2.36. The van der Waals surface area contributed by atoms with E-state index in [1.807, 2.05) is 24.3 Å². The number of aromatic nitrogens is 2. The Morgan fingerprint density at radius 3 is 2.30 bits per heavy atom. The molecule has 0 aliphatic carbocycles. The van der Waals surface area contributed by atoms with Crippen LogP contribution >= 0.6 is 24.8 Å². The monoisotopic (exact) mass is 314 g/mol. The molecule has 1 saturated heterocycles. The molecular formula is C14H20Cl2N4. The summed E-state index contributed by atoms with van der Waals surface area (Å²) < 4.78 is 0. The van der Waals surface area contributed by atoms with E-state index in [4.69, 9.17) is 4.98 Å². The lowest BCUT2D eigenvalue weighted by Crippen LogP contribution is -2.43. The maximum Gasteiger partial charge on any atom is 0.0890 e. The number of nitrogens with zero attached hydrogens (tertiary/aromatic N) is 3. The molecule has 1 N–H and O–H groups in total. The van der Waals surface area contributed by atoms with Crippen LogP contribution in [0.5, 0.6) is 0 Å². The van der Waals surface area contributed by atoms with Gasteiger partial charge in [0.25, 0.3) is 0 Å². The predicted octanol–water partition coefficient (Wildman–Crippen LogP) is 2.19. The molecule has 110 valence electrons. The van der Waals surface area contributed by atoms with Crippen LogP contribution in [0.2, 0.25) is 0 Å². The fourth-order valence-electron chi connectivity index (χ4n) is 2.36. The highest BCUT2D eigenvalue weighted by Gasteiger charge is 2.13. The van der Waals surface area contributed by atoms with E-state index >= 15 is 0 Å². The van der Waals surface area contributed by atoms with E-state index in [9.17, 15) is 0 Å². The van der Waals surface area contributed by atoms with Gasteiger partial charge in [-0.1, -0.05) is 12.1 Å². The molecule has 1 aromatic carbocycles. The Balaban J connectivity index is 0.000001000. The fraction of sp³-hybridized carbons (Fsp3) is 0.429. The molecule has 6 heteroatoms. The van der Waals surface area contributed by atoms with Gasteiger partial charge in [-0.15, -0.1) is 24.8 Å². The van der Waals surface area contributed by atoms with Crippen molar-refractivity contribution in [1.29, 1.82) is 0 Å². The number of fused-ring (bicyclic) bond motifs is 1. The summed E-state index contributed by atoms with van der Waals surface area (Å²) >= 11 is 0. The third kappa shape index (κ3) is 3.79. The third-order valence-electron chi connectivity index (χ3n) is 3.43. The molecule has 20 heavy (non-hydrogen) atoms. The molecule has 2 heterocycles. The highest BCUT2D eigenvalue weighted by Crippen LogP contribution is 2.14. The summed E-state index contributed by atoms with van der Waals surface area (Å²) in [6.45, 7) is 7.28. The van der Waals surface area contributed by atoms with Gasteiger partial charge in [-0.25, -0.2) is 9.97 Å². The molecule has 2 aromatic rings. The summed E-state index contributed by atoms with van der Waals surface area (Å²) in [5.74, 6) is 0. The van der Waals surface area contributed by atoms with Gasteiger partial charge >= 0.3 is 0 Å². The second-order valence-corrected chi connectivity index (χ2v) is 4.77. The molecule has 0 atom stereocenters. The van der Waals surface area contributed by atoms with Gasteiger partial charge in [0.1, 0.15) is 0 Å². The Morgan fingerprint density at radius 1 is 1.05 bits per heavy atom. The average Bonchev–Trinajstić information content (AvgIpc) is 2.41. The van der Waals surface area contributed by atoms with Crippen molar-refractivity contribution in [2.45, 2.75) is 13.5 Å². The van der Waals surface area contributed by atoms with Crippen LogP contribution in [0.4, 0.5) is 0 Å². The van der Waals surface area contributed by atoms with Crippen LogP contribution in [-0.2, 0) is 6.54 Å². The smallest absolute Gasteiger partial charge is 0.0890 e. The third-order valence-corrected chi connectivity index (χ3v) is 3.43. The lowest BCUT2D eigenvalue weighted by molar-refractivity contribution is 0.230. The van der Waals surface area contributed by atoms with Crippen molar-refractivity contribution in [2.75, 3.05) is 26.2 Å². The zero-order valence-electron chi connectivity index (χ0n) is 11.5. The van der Waals surface area contributed by atoms with Crippen LogP contribution in [0.25, 0.3) is 11.0 Å². The molecule has 4 nitrogen and oxygen atoms in total. The van der Waals surface area contributed by atoms with Gasteiger partial charge in [0, 0.05) is 32.7 Å². The number of para-hydroxylation sites is 2. The number of hydrogen-bond acceptors (Lipinski definition) is 4. The van der Waals surface area contributed by atoms with Crippen LogP contribution in [-0.4, -0.2) is 41.0 Å². The van der Waals surface area contributed by atoms with Crippen molar-refractivity contribution in [1.82, 2.24) is 20.2 Å². The van der Waals surface area contributed by atoms with Crippen molar-refractivity contribution in [2.24, 2.45) is 0 Å². The summed E-state index contributed by atoms with van der Waals surface area (Å²) in [6, 6.07) is 8.07. The van der Waals surface area contributed by atoms with Gasteiger partial charge in [0.2, 0.25) is 0 Å². The lowest BCUT2D eigenvalue weighted by atomic mass is 10.2. The number of hydrogen-bond donors (Lipinski definition) is 1. The SMILES string of the molecule is Cc1nc2ccccc2nc1CN1CCNCC1.Cl.Cl. The Labute approximate surface area is 131 Å². The van der Waals surface area contributed by atoms with Gasteiger partial charge in [-0.05, 0) is 19.1 Å². The maximum absolute atomic E-state index is 4.74. The van der Waals surface area contributed by atoms with Gasteiger partial charge in [-0.3, -0.25) is 4.90 Å². The zero-order chi connectivity index (χ0) is 12.4. The minimum atomic E-state index is 0. The first kappa shape index (κ1) is 17.1. The van der Waals surface area contributed by atoms with E-state index in [0.717, 1.165) is 55.1 Å². The second-order valence-electron chi connectivity index (χ2n) is 4.77. The summed E-state index contributed by atoms with van der Waals surface area (Å²) in [5, 5.41) is 3.37. The number of aryl methyl sites for hydroxylation is 1. The molecular weight excluding hydrogens is 295 g/mol. The normalized spacial score (nSPS) is 15.4. The molecule has 0 unspecified atom stereocenters. The number of piperazine rings is 1. The summed E-state index contributed by atoms with van der Waals surface area (Å²) in [4.78, 5) is 11.8. The van der Waals surface area contributed by atoms with Crippen LogP contribution in [0, 0.1) is 6.92 Å². The number of nitrogens with one attached hydrogen (secondary N) is 1. The van der Waals surface area contributed by atoms with Crippen LogP contribution in [0.15, 0.2) is 24.3 Å². The van der Waals surface area contributed by atoms with Crippen molar-refractivity contribution < 1.29 is 0 Å². The van der Waals surface area contributed by atoms with Crippen LogP contribution in [0.3, 0.4) is 0 Å². The summed E-state index contributed by atoms with van der Waals surface area (Å²) in [7, 11) is 0. The van der Waals surface area contributed by atoms with Crippen molar-refractivity contribution >= 4 is 35.8 Å². The van der Waals surface area contributed by atoms with Gasteiger partial charge in [0.05, 0.1) is 22.4 Å². The van der Waals surface area contributed by atoms with E-state index < -0.39 is 0 Å². The molecule has 0 saturated carbocycles. The molecule has 1 aliphatic rings. The molecule has 1 aliphatic heterocycles. The predicted molar refractivity (Wildman–Crippen MR) is 86.9 cm³/mol. The first-order valence-electron chi connectivity index (χ1n) is 6.48. The first-order valence-corrected chi connectivity index (χ1v) is 6.48. The highest BCUT2D eigenvalue weighted by molar-refractivity contribution is 5.85. The van der Waals surface area contributed by atoms with E-state index in [1.54, 1.807) is 0 Å². The lowest BCUT2D eigenvalue weighted by Gasteiger charge is -2.27. The molecule has 1 aromatic heterocycles.